The molecule has 128 valence electrons. The first-order chi connectivity index (χ1) is 11.5. The first-order valence-corrected chi connectivity index (χ1v) is 9.13. The molecule has 0 amide bonds. The summed E-state index contributed by atoms with van der Waals surface area (Å²) in [6, 6.07) is 11.3. The molecule has 7 heteroatoms. The van der Waals surface area contributed by atoms with Gasteiger partial charge in [0, 0.05) is 3.57 Å². The molecule has 0 aliphatic rings. The quantitative estimate of drug-likeness (QED) is 0.334. The van der Waals surface area contributed by atoms with Crippen LogP contribution in [-0.4, -0.2) is 19.1 Å². The molecule has 2 rings (SSSR count). The number of benzene rings is 2. The molecule has 0 unspecified atom stereocenters. The minimum absolute atomic E-state index is 0.131. The molecule has 2 aromatic carbocycles. The Morgan fingerprint density at radius 2 is 2.04 bits per heavy atom. The van der Waals surface area contributed by atoms with Crippen LogP contribution in [0.3, 0.4) is 0 Å². The van der Waals surface area contributed by atoms with E-state index in [0.717, 1.165) is 5.56 Å². The maximum absolute atomic E-state index is 14.5. The van der Waals surface area contributed by atoms with Crippen molar-refractivity contribution in [1.82, 2.24) is 0 Å². The van der Waals surface area contributed by atoms with Crippen molar-refractivity contribution in [1.29, 1.82) is 0 Å². The Morgan fingerprint density at radius 1 is 1.33 bits per heavy atom. The lowest BCUT2D eigenvalue weighted by Crippen LogP contribution is -2.18. The van der Waals surface area contributed by atoms with Crippen molar-refractivity contribution in [3.63, 3.8) is 0 Å². The number of rotatable bonds is 7. The van der Waals surface area contributed by atoms with Crippen LogP contribution >= 0.6 is 38.5 Å². The van der Waals surface area contributed by atoms with Crippen molar-refractivity contribution in [2.75, 3.05) is 18.5 Å². The summed E-state index contributed by atoms with van der Waals surface area (Å²) in [6.07, 6.45) is 0. The molecule has 0 aromatic heterocycles. The minimum Gasteiger partial charge on any atom is -0.487 e. The van der Waals surface area contributed by atoms with Gasteiger partial charge in [-0.05, 0) is 57.1 Å². The van der Waals surface area contributed by atoms with E-state index >= 15 is 0 Å². The molecule has 0 aliphatic heterocycles. The van der Waals surface area contributed by atoms with Crippen LogP contribution in [0.4, 0.5) is 10.1 Å². The number of ether oxygens (including phenoxy) is 2. The monoisotopic (exact) mass is 507 g/mol. The van der Waals surface area contributed by atoms with Crippen LogP contribution in [-0.2, 0) is 16.1 Å². The van der Waals surface area contributed by atoms with Crippen LogP contribution in [0.25, 0.3) is 0 Å². The largest absolute Gasteiger partial charge is 0.487 e. The highest BCUT2D eigenvalue weighted by Crippen LogP contribution is 2.36. The number of hydrogen-bond acceptors (Lipinski definition) is 4. The summed E-state index contributed by atoms with van der Waals surface area (Å²) < 4.78 is 26.1. The normalized spacial score (nSPS) is 10.3. The van der Waals surface area contributed by atoms with Crippen molar-refractivity contribution >= 4 is 50.2 Å². The Kier molecular flexibility index (Phi) is 7.29. The van der Waals surface area contributed by atoms with Crippen molar-refractivity contribution < 1.29 is 18.7 Å². The Hall–Kier alpha value is -1.35. The van der Waals surface area contributed by atoms with Crippen LogP contribution in [0.15, 0.2) is 40.9 Å². The molecule has 1 N–H and O–H groups in total. The van der Waals surface area contributed by atoms with E-state index in [1.165, 1.54) is 0 Å². The third-order valence-corrected chi connectivity index (χ3v) is 5.45. The second kappa shape index (κ2) is 9.22. The van der Waals surface area contributed by atoms with Crippen molar-refractivity contribution in [3.05, 3.63) is 55.8 Å². The van der Waals surface area contributed by atoms with Gasteiger partial charge in [-0.3, -0.25) is 4.79 Å². The first-order valence-electron chi connectivity index (χ1n) is 7.26. The lowest BCUT2D eigenvalue weighted by molar-refractivity contribution is -0.140. The number of esters is 1. The van der Waals surface area contributed by atoms with Gasteiger partial charge in [-0.25, -0.2) is 4.39 Å². The molecule has 0 saturated carbocycles. The van der Waals surface area contributed by atoms with Gasteiger partial charge in [-0.1, -0.05) is 30.3 Å². The highest BCUT2D eigenvalue weighted by molar-refractivity contribution is 14.1. The van der Waals surface area contributed by atoms with Gasteiger partial charge >= 0.3 is 5.97 Å². The van der Waals surface area contributed by atoms with Crippen LogP contribution in [0.5, 0.6) is 5.75 Å². The van der Waals surface area contributed by atoms with Crippen molar-refractivity contribution in [3.8, 4) is 5.75 Å². The van der Waals surface area contributed by atoms with Crippen LogP contribution in [0.2, 0.25) is 0 Å². The third kappa shape index (κ3) is 5.07. The number of carbonyl (C=O) groups excluding carboxylic acids is 1. The summed E-state index contributed by atoms with van der Waals surface area (Å²) in [4.78, 5) is 11.5. The fourth-order valence-corrected chi connectivity index (χ4v) is 2.79. The highest BCUT2D eigenvalue weighted by Gasteiger charge is 2.18. The Bertz CT molecular complexity index is 713. The number of nitrogens with one attached hydrogen (secondary N) is 1. The second-order valence-corrected chi connectivity index (χ2v) is 6.75. The van der Waals surface area contributed by atoms with Gasteiger partial charge in [0.15, 0.2) is 5.82 Å². The average molecular weight is 508 g/mol. The molecule has 0 spiro atoms. The molecule has 0 saturated heterocycles. The third-order valence-electron chi connectivity index (χ3n) is 3.08. The summed E-state index contributed by atoms with van der Waals surface area (Å²) in [5, 5.41) is 2.76. The Balaban J connectivity index is 2.20. The Morgan fingerprint density at radius 3 is 2.71 bits per heavy atom. The van der Waals surface area contributed by atoms with Gasteiger partial charge in [0.1, 0.15) is 24.6 Å². The zero-order chi connectivity index (χ0) is 17.5. The standard InChI is InChI=1S/C17H16BrFINO3/c1-2-23-14(22)9-21-17-13(8-12(20)15(18)16(17)19)24-10-11-6-4-3-5-7-11/h3-8,21H,2,9-10H2,1H3. The zero-order valence-electron chi connectivity index (χ0n) is 12.9. The lowest BCUT2D eigenvalue weighted by Gasteiger charge is -2.16. The summed E-state index contributed by atoms with van der Waals surface area (Å²) in [5.74, 6) is -0.622. The predicted octanol–water partition coefficient (Wildman–Crippen LogP) is 4.75. The molecular formula is C17H16BrFINO3. The highest BCUT2D eigenvalue weighted by atomic mass is 127. The van der Waals surface area contributed by atoms with Gasteiger partial charge < -0.3 is 14.8 Å². The van der Waals surface area contributed by atoms with E-state index in [4.69, 9.17) is 9.47 Å². The van der Waals surface area contributed by atoms with E-state index in [9.17, 15) is 9.18 Å². The van der Waals surface area contributed by atoms with E-state index < -0.39 is 11.8 Å². The lowest BCUT2D eigenvalue weighted by atomic mass is 10.2. The fourth-order valence-electron chi connectivity index (χ4n) is 1.96. The molecule has 0 aliphatic carbocycles. The maximum Gasteiger partial charge on any atom is 0.325 e. The number of hydrogen-bond donors (Lipinski definition) is 1. The van der Waals surface area contributed by atoms with Gasteiger partial charge in [-0.15, -0.1) is 0 Å². The molecule has 0 atom stereocenters. The topological polar surface area (TPSA) is 47.6 Å². The molecule has 0 bridgehead atoms. The molecule has 0 fully saturated rings. The number of carbonyl (C=O) groups is 1. The average Bonchev–Trinajstić information content (AvgIpc) is 2.58. The van der Waals surface area contributed by atoms with E-state index in [1.807, 2.05) is 52.9 Å². The molecule has 4 nitrogen and oxygen atoms in total. The SMILES string of the molecule is CCOC(=O)CNc1c(OCc2ccccc2)cc(I)c(Br)c1F. The van der Waals surface area contributed by atoms with Gasteiger partial charge in [0.25, 0.3) is 0 Å². The van der Waals surface area contributed by atoms with E-state index in [2.05, 4.69) is 21.2 Å². The molecule has 2 aromatic rings. The minimum atomic E-state index is -0.505. The summed E-state index contributed by atoms with van der Waals surface area (Å²) in [6.45, 7) is 2.15. The summed E-state index contributed by atoms with van der Waals surface area (Å²) >= 11 is 5.22. The van der Waals surface area contributed by atoms with Gasteiger partial charge in [0.05, 0.1) is 11.1 Å². The maximum atomic E-state index is 14.5. The molecule has 0 radical (unpaired) electrons. The van der Waals surface area contributed by atoms with Crippen LogP contribution < -0.4 is 10.1 Å². The van der Waals surface area contributed by atoms with Gasteiger partial charge in [0.2, 0.25) is 0 Å². The zero-order valence-corrected chi connectivity index (χ0v) is 16.7. The number of halogens is 3. The van der Waals surface area contributed by atoms with Crippen molar-refractivity contribution in [2.45, 2.75) is 13.5 Å². The second-order valence-electron chi connectivity index (χ2n) is 4.79. The summed E-state index contributed by atoms with van der Waals surface area (Å²) in [7, 11) is 0. The van der Waals surface area contributed by atoms with Crippen LogP contribution in [0, 0.1) is 9.39 Å². The van der Waals surface area contributed by atoms with Crippen molar-refractivity contribution in [2.24, 2.45) is 0 Å². The molecule has 0 heterocycles. The molecular weight excluding hydrogens is 492 g/mol. The van der Waals surface area contributed by atoms with Crippen LogP contribution in [0.1, 0.15) is 12.5 Å². The summed E-state index contributed by atoms with van der Waals surface area (Å²) in [5.41, 5.74) is 1.10. The fraction of sp³-hybridized carbons (Fsp3) is 0.235. The van der Waals surface area contributed by atoms with E-state index in [1.54, 1.807) is 13.0 Å². The smallest absolute Gasteiger partial charge is 0.325 e. The van der Waals surface area contributed by atoms with E-state index in [0.29, 0.717) is 20.4 Å². The predicted molar refractivity (Wildman–Crippen MR) is 103 cm³/mol. The van der Waals surface area contributed by atoms with Gasteiger partial charge in [-0.2, -0.15) is 0 Å². The molecule has 24 heavy (non-hydrogen) atoms. The first kappa shape index (κ1) is 19.0. The Labute approximate surface area is 162 Å². The number of anilines is 1. The van der Waals surface area contributed by atoms with E-state index in [-0.39, 0.29) is 18.8 Å².